The molecule has 0 aliphatic carbocycles. The lowest BCUT2D eigenvalue weighted by molar-refractivity contribution is 0.111. The molecule has 3 aromatic rings. The van der Waals surface area contributed by atoms with Crippen molar-refractivity contribution in [3.8, 4) is 22.6 Å². The molecule has 0 atom stereocenters. The lowest BCUT2D eigenvalue weighted by Crippen LogP contribution is -2.22. The number of nitrogens with zero attached hydrogens (tertiary/aromatic N) is 2. The van der Waals surface area contributed by atoms with Gasteiger partial charge >= 0.3 is 0 Å². The predicted octanol–water partition coefficient (Wildman–Crippen LogP) is 1.52. The van der Waals surface area contributed by atoms with Crippen LogP contribution in [0, 0.1) is 0 Å². The second kappa shape index (κ2) is 4.88. The molecule has 2 aromatic heterocycles. The molecule has 22 heavy (non-hydrogen) atoms. The van der Waals surface area contributed by atoms with Crippen molar-refractivity contribution in [3.05, 3.63) is 52.4 Å². The van der Waals surface area contributed by atoms with Gasteiger partial charge in [-0.15, -0.1) is 4.73 Å². The summed E-state index contributed by atoms with van der Waals surface area (Å²) in [6.07, 6.45) is 1.55. The molecule has 3 rings (SSSR count). The second-order valence-electron chi connectivity index (χ2n) is 4.64. The summed E-state index contributed by atoms with van der Waals surface area (Å²) in [5.41, 5.74) is -0.606. The van der Waals surface area contributed by atoms with Crippen LogP contribution in [0.25, 0.3) is 22.2 Å². The number of benzene rings is 1. The van der Waals surface area contributed by atoms with Crippen molar-refractivity contribution in [1.29, 1.82) is 0 Å². The predicted molar refractivity (Wildman–Crippen MR) is 77.3 cm³/mol. The summed E-state index contributed by atoms with van der Waals surface area (Å²) in [7, 11) is 0. The van der Waals surface area contributed by atoms with Gasteiger partial charge in [-0.25, -0.2) is 4.98 Å². The van der Waals surface area contributed by atoms with E-state index in [9.17, 15) is 25.0 Å². The molecule has 0 aliphatic rings. The summed E-state index contributed by atoms with van der Waals surface area (Å²) in [5.74, 6) is -0.489. The van der Waals surface area contributed by atoms with Gasteiger partial charge in [-0.2, -0.15) is 0 Å². The maximum Gasteiger partial charge on any atom is 0.299 e. The summed E-state index contributed by atoms with van der Waals surface area (Å²) in [6, 6.07) is 7.82. The van der Waals surface area contributed by atoms with Crippen LogP contribution in [0.2, 0.25) is 0 Å². The van der Waals surface area contributed by atoms with Gasteiger partial charge in [-0.3, -0.25) is 9.59 Å². The van der Waals surface area contributed by atoms with Gasteiger partial charge in [-0.1, -0.05) is 12.1 Å². The van der Waals surface area contributed by atoms with Gasteiger partial charge in [0.1, 0.15) is 17.1 Å². The van der Waals surface area contributed by atoms with Crippen LogP contribution in [-0.4, -0.2) is 31.4 Å². The average Bonchev–Trinajstić information content (AvgIpc) is 2.53. The highest BCUT2D eigenvalue weighted by Crippen LogP contribution is 2.29. The Bertz CT molecular complexity index is 962. The van der Waals surface area contributed by atoms with Gasteiger partial charge in [0.15, 0.2) is 11.9 Å². The van der Waals surface area contributed by atoms with Crippen LogP contribution >= 0.6 is 0 Å². The molecule has 0 unspecified atom stereocenters. The Morgan fingerprint density at radius 1 is 1.14 bits per heavy atom. The number of carbonyl (C=O) groups is 1. The first-order chi connectivity index (χ1) is 10.5. The SMILES string of the molecule is O=Cc1c(O)c2cc(-c3cccc(O)c3)cnc2n(O)c1=O. The zero-order valence-corrected chi connectivity index (χ0v) is 11.1. The van der Waals surface area contributed by atoms with Crippen molar-refractivity contribution in [3.63, 3.8) is 0 Å². The molecular formula is C15H10N2O5. The fraction of sp³-hybridized carbons (Fsp3) is 0. The molecule has 0 aliphatic heterocycles. The Morgan fingerprint density at radius 3 is 2.59 bits per heavy atom. The van der Waals surface area contributed by atoms with Crippen molar-refractivity contribution in [2.24, 2.45) is 0 Å². The Morgan fingerprint density at radius 2 is 1.91 bits per heavy atom. The zero-order chi connectivity index (χ0) is 15.9. The van der Waals surface area contributed by atoms with E-state index < -0.39 is 16.9 Å². The summed E-state index contributed by atoms with van der Waals surface area (Å²) in [5, 5.41) is 29.3. The maximum absolute atomic E-state index is 11.7. The standard InChI is InChI=1S/C15H10N2O5/c18-7-12-13(20)11-5-9(8-2-1-3-10(19)4-8)6-16-14(11)17(22)15(12)21/h1-7,19-20,22H. The summed E-state index contributed by atoms with van der Waals surface area (Å²) < 4.78 is 0.213. The average molecular weight is 298 g/mol. The third-order valence-corrected chi connectivity index (χ3v) is 3.30. The number of rotatable bonds is 2. The first-order valence-corrected chi connectivity index (χ1v) is 6.24. The van der Waals surface area contributed by atoms with E-state index in [0.717, 1.165) is 0 Å². The number of phenols is 1. The largest absolute Gasteiger partial charge is 0.508 e. The number of pyridine rings is 2. The molecule has 0 spiro atoms. The molecule has 7 nitrogen and oxygen atoms in total. The summed E-state index contributed by atoms with van der Waals surface area (Å²) in [6.45, 7) is 0. The maximum atomic E-state index is 11.7. The number of phenolic OH excluding ortho intramolecular Hbond substituents is 1. The lowest BCUT2D eigenvalue weighted by atomic mass is 10.1. The minimum absolute atomic E-state index is 0.0463. The molecule has 0 fully saturated rings. The molecular weight excluding hydrogens is 288 g/mol. The molecule has 7 heteroatoms. The quantitative estimate of drug-likeness (QED) is 0.488. The van der Waals surface area contributed by atoms with Crippen molar-refractivity contribution >= 4 is 17.3 Å². The van der Waals surface area contributed by atoms with Crippen LogP contribution in [0.4, 0.5) is 0 Å². The van der Waals surface area contributed by atoms with Gasteiger partial charge in [0, 0.05) is 11.8 Å². The third-order valence-electron chi connectivity index (χ3n) is 3.30. The minimum Gasteiger partial charge on any atom is -0.508 e. The first-order valence-electron chi connectivity index (χ1n) is 6.24. The Hall–Kier alpha value is -3.35. The fourth-order valence-corrected chi connectivity index (χ4v) is 2.21. The van der Waals surface area contributed by atoms with E-state index >= 15 is 0 Å². The summed E-state index contributed by atoms with van der Waals surface area (Å²) >= 11 is 0. The van der Waals surface area contributed by atoms with E-state index in [0.29, 0.717) is 11.1 Å². The fourth-order valence-electron chi connectivity index (χ4n) is 2.21. The van der Waals surface area contributed by atoms with Crippen LogP contribution in [0.5, 0.6) is 11.5 Å². The van der Waals surface area contributed by atoms with E-state index in [2.05, 4.69) is 4.98 Å². The lowest BCUT2D eigenvalue weighted by Gasteiger charge is -2.09. The molecule has 1 aromatic carbocycles. The molecule has 0 saturated heterocycles. The van der Waals surface area contributed by atoms with Crippen molar-refractivity contribution in [2.45, 2.75) is 0 Å². The summed E-state index contributed by atoms with van der Waals surface area (Å²) in [4.78, 5) is 26.5. The van der Waals surface area contributed by atoms with E-state index in [1.807, 2.05) is 0 Å². The molecule has 0 bridgehead atoms. The Balaban J connectivity index is 2.35. The third kappa shape index (κ3) is 1.96. The number of hydrogen-bond acceptors (Lipinski definition) is 6. The number of aromatic hydroxyl groups is 2. The minimum atomic E-state index is -1.04. The molecule has 2 heterocycles. The highest BCUT2D eigenvalue weighted by Gasteiger charge is 2.17. The smallest absolute Gasteiger partial charge is 0.299 e. The zero-order valence-electron chi connectivity index (χ0n) is 11.1. The van der Waals surface area contributed by atoms with Crippen molar-refractivity contribution in [1.82, 2.24) is 9.71 Å². The van der Waals surface area contributed by atoms with Crippen LogP contribution in [0.1, 0.15) is 10.4 Å². The van der Waals surface area contributed by atoms with E-state index in [-0.39, 0.29) is 27.8 Å². The van der Waals surface area contributed by atoms with Crippen LogP contribution in [-0.2, 0) is 0 Å². The first kappa shape index (κ1) is 13.6. The molecule has 0 amide bonds. The van der Waals surface area contributed by atoms with E-state index in [1.54, 1.807) is 12.1 Å². The van der Waals surface area contributed by atoms with Crippen molar-refractivity contribution in [2.75, 3.05) is 0 Å². The second-order valence-corrected chi connectivity index (χ2v) is 4.64. The number of aldehydes is 1. The van der Waals surface area contributed by atoms with Gasteiger partial charge in [0.05, 0.1) is 5.39 Å². The number of carbonyl (C=O) groups excluding carboxylic acids is 1. The molecule has 110 valence electrons. The Labute approximate surface area is 123 Å². The normalized spacial score (nSPS) is 10.7. The van der Waals surface area contributed by atoms with Crippen LogP contribution in [0.3, 0.4) is 0 Å². The topological polar surface area (TPSA) is 113 Å². The van der Waals surface area contributed by atoms with Gasteiger partial charge in [0.2, 0.25) is 0 Å². The molecule has 0 radical (unpaired) electrons. The highest BCUT2D eigenvalue weighted by molar-refractivity contribution is 5.93. The van der Waals surface area contributed by atoms with Crippen molar-refractivity contribution < 1.29 is 20.2 Å². The van der Waals surface area contributed by atoms with Gasteiger partial charge in [-0.05, 0) is 23.8 Å². The highest BCUT2D eigenvalue weighted by atomic mass is 16.5. The van der Waals surface area contributed by atoms with Gasteiger partial charge < -0.3 is 15.4 Å². The number of aromatic nitrogens is 2. The molecule has 3 N–H and O–H groups in total. The Kier molecular flexibility index (Phi) is 3.03. The van der Waals surface area contributed by atoms with E-state index in [4.69, 9.17) is 0 Å². The van der Waals surface area contributed by atoms with Crippen LogP contribution < -0.4 is 5.56 Å². The number of fused-ring (bicyclic) bond motifs is 1. The van der Waals surface area contributed by atoms with E-state index in [1.165, 1.54) is 24.4 Å². The van der Waals surface area contributed by atoms with Crippen LogP contribution in [0.15, 0.2) is 41.3 Å². The van der Waals surface area contributed by atoms with Gasteiger partial charge in [0.25, 0.3) is 5.56 Å². The monoisotopic (exact) mass is 298 g/mol. The molecule has 0 saturated carbocycles. The number of hydrogen-bond donors (Lipinski definition) is 3.